The summed E-state index contributed by atoms with van der Waals surface area (Å²) in [5, 5.41) is 2.41. The van der Waals surface area contributed by atoms with E-state index >= 15 is 0 Å². The lowest BCUT2D eigenvalue weighted by Crippen LogP contribution is -2.51. The first-order valence-corrected chi connectivity index (χ1v) is 19.2. The van der Waals surface area contributed by atoms with Crippen LogP contribution in [0.25, 0.3) is 21.5 Å². The highest BCUT2D eigenvalue weighted by atomic mass is 32.2. The van der Waals surface area contributed by atoms with Crippen molar-refractivity contribution >= 4 is 53.1 Å². The quantitative estimate of drug-likeness (QED) is 0.169. The van der Waals surface area contributed by atoms with Gasteiger partial charge in [-0.1, -0.05) is 54.6 Å². The molecule has 254 valence electrons. The van der Waals surface area contributed by atoms with Crippen LogP contribution in [0.5, 0.6) is 5.75 Å². The normalized spacial score (nSPS) is 14.5. The summed E-state index contributed by atoms with van der Waals surface area (Å²) in [6.45, 7) is 2.16. The number of anilines is 1. The van der Waals surface area contributed by atoms with E-state index in [1.165, 1.54) is 24.4 Å². The van der Waals surface area contributed by atoms with Crippen LogP contribution < -0.4 is 9.08 Å². The molecule has 0 saturated carbocycles. The maximum absolute atomic E-state index is 14.2. The molecule has 0 spiro atoms. The fourth-order valence-electron chi connectivity index (χ4n) is 6.47. The zero-order valence-electron chi connectivity index (χ0n) is 27.0. The molecule has 7 rings (SSSR count). The van der Waals surface area contributed by atoms with Crippen molar-refractivity contribution in [2.24, 2.45) is 5.92 Å². The topological polar surface area (TPSA) is 127 Å². The lowest BCUT2D eigenvalue weighted by molar-refractivity contribution is -0.135. The van der Waals surface area contributed by atoms with Crippen molar-refractivity contribution in [1.82, 2.24) is 14.9 Å². The van der Waals surface area contributed by atoms with Crippen molar-refractivity contribution in [3.63, 3.8) is 0 Å². The molecule has 0 N–H and O–H groups in total. The lowest BCUT2D eigenvalue weighted by Gasteiger charge is -2.37. The van der Waals surface area contributed by atoms with Crippen LogP contribution in [0.15, 0.2) is 138 Å². The van der Waals surface area contributed by atoms with Crippen LogP contribution >= 0.6 is 0 Å². The van der Waals surface area contributed by atoms with Gasteiger partial charge < -0.3 is 14.0 Å². The first-order chi connectivity index (χ1) is 24.2. The first kappa shape index (κ1) is 33.2. The van der Waals surface area contributed by atoms with Crippen molar-refractivity contribution in [1.29, 1.82) is 0 Å². The molecule has 1 aliphatic rings. The summed E-state index contributed by atoms with van der Waals surface area (Å²) in [6, 6.07) is 29.6. The minimum Gasteiger partial charge on any atom is -0.379 e. The number of rotatable bonds is 10. The molecule has 0 aliphatic carbocycles. The minimum absolute atomic E-state index is 0.0222. The molecule has 12 heteroatoms. The summed E-state index contributed by atoms with van der Waals surface area (Å²) >= 11 is 0. The minimum atomic E-state index is -4.18. The molecule has 2 aromatic heterocycles. The van der Waals surface area contributed by atoms with Crippen LogP contribution in [0.4, 0.5) is 5.69 Å². The molecule has 50 heavy (non-hydrogen) atoms. The fraction of sp³-hybridized carbons (Fsp3) is 0.184. The number of carbonyl (C=O) groups excluding carboxylic acids is 1. The van der Waals surface area contributed by atoms with E-state index in [1.54, 1.807) is 78.1 Å². The predicted molar refractivity (Wildman–Crippen MR) is 192 cm³/mol. The van der Waals surface area contributed by atoms with Gasteiger partial charge in [-0.05, 0) is 60.5 Å². The van der Waals surface area contributed by atoms with E-state index < -0.39 is 31.6 Å². The third-order valence-corrected chi connectivity index (χ3v) is 12.2. The Bertz CT molecular complexity index is 2370. The summed E-state index contributed by atoms with van der Waals surface area (Å²) < 4.78 is 60.1. The van der Waals surface area contributed by atoms with Gasteiger partial charge in [-0.3, -0.25) is 14.8 Å². The molecule has 1 saturated heterocycles. The number of carbonyl (C=O) groups is 1. The molecular formula is C38H34N4O6S2. The largest absolute Gasteiger partial charge is 0.379 e. The van der Waals surface area contributed by atoms with Gasteiger partial charge in [0.25, 0.3) is 0 Å². The number of piperazine rings is 1. The molecule has 10 nitrogen and oxygen atoms in total. The number of sulfone groups is 1. The number of nitrogens with zero attached hydrogens (tertiary/aromatic N) is 4. The Morgan fingerprint density at radius 2 is 1.28 bits per heavy atom. The smallest absolute Gasteiger partial charge is 0.339 e. The highest BCUT2D eigenvalue weighted by Crippen LogP contribution is 2.29. The van der Waals surface area contributed by atoms with Gasteiger partial charge in [0.05, 0.1) is 16.6 Å². The summed E-state index contributed by atoms with van der Waals surface area (Å²) in [5.74, 6) is -1.43. The molecule has 0 bridgehead atoms. The first-order valence-electron chi connectivity index (χ1n) is 16.2. The van der Waals surface area contributed by atoms with Crippen LogP contribution in [-0.2, 0) is 31.2 Å². The summed E-state index contributed by atoms with van der Waals surface area (Å²) in [7, 11) is -8.10. The van der Waals surface area contributed by atoms with Gasteiger partial charge >= 0.3 is 10.1 Å². The molecule has 1 amide bonds. The molecule has 6 aromatic rings. The molecule has 4 aromatic carbocycles. The van der Waals surface area contributed by atoms with Crippen LogP contribution in [0.2, 0.25) is 0 Å². The number of hydrogen-bond acceptors (Lipinski definition) is 9. The second kappa shape index (κ2) is 13.9. The van der Waals surface area contributed by atoms with Gasteiger partial charge in [0.2, 0.25) is 5.91 Å². The molecule has 1 atom stereocenters. The van der Waals surface area contributed by atoms with E-state index in [4.69, 9.17) is 4.18 Å². The number of amides is 1. The number of para-hydroxylation sites is 1. The van der Waals surface area contributed by atoms with Gasteiger partial charge in [-0.15, -0.1) is 0 Å². The maximum atomic E-state index is 14.2. The van der Waals surface area contributed by atoms with E-state index in [1.807, 2.05) is 30.3 Å². The molecule has 1 unspecified atom stereocenters. The van der Waals surface area contributed by atoms with E-state index in [-0.39, 0.29) is 27.9 Å². The zero-order chi connectivity index (χ0) is 34.7. The van der Waals surface area contributed by atoms with Crippen molar-refractivity contribution < 1.29 is 25.8 Å². The van der Waals surface area contributed by atoms with E-state index in [0.717, 1.165) is 5.69 Å². The van der Waals surface area contributed by atoms with Crippen LogP contribution in [0, 0.1) is 5.92 Å². The van der Waals surface area contributed by atoms with E-state index in [2.05, 4.69) is 14.9 Å². The van der Waals surface area contributed by atoms with Gasteiger partial charge in [-0.25, -0.2) is 8.42 Å². The van der Waals surface area contributed by atoms with E-state index in [0.29, 0.717) is 53.3 Å². The zero-order valence-corrected chi connectivity index (χ0v) is 28.6. The van der Waals surface area contributed by atoms with Crippen LogP contribution in [-0.4, -0.2) is 69.5 Å². The Hall–Kier alpha value is -5.33. The van der Waals surface area contributed by atoms with Gasteiger partial charge in [0.1, 0.15) is 10.6 Å². The average molecular weight is 707 g/mol. The monoisotopic (exact) mass is 706 g/mol. The molecule has 3 heterocycles. The number of fused-ring (bicyclic) bond motifs is 2. The highest BCUT2D eigenvalue weighted by molar-refractivity contribution is 7.91. The second-order valence-corrected chi connectivity index (χ2v) is 15.7. The number of benzene rings is 4. The summed E-state index contributed by atoms with van der Waals surface area (Å²) in [5.41, 5.74) is 1.75. The Kier molecular flexibility index (Phi) is 9.21. The van der Waals surface area contributed by atoms with Gasteiger partial charge in [-0.2, -0.15) is 8.42 Å². The van der Waals surface area contributed by atoms with Crippen molar-refractivity contribution in [2.75, 3.05) is 36.8 Å². The number of pyridine rings is 2. The predicted octanol–water partition coefficient (Wildman–Crippen LogP) is 5.53. The second-order valence-electron chi connectivity index (χ2n) is 12.2. The maximum Gasteiger partial charge on any atom is 0.339 e. The van der Waals surface area contributed by atoms with Crippen molar-refractivity contribution in [2.45, 2.75) is 16.2 Å². The van der Waals surface area contributed by atoms with Gasteiger partial charge in [0, 0.05) is 78.2 Å². The third kappa shape index (κ3) is 7.03. The average Bonchev–Trinajstić information content (AvgIpc) is 3.14. The number of hydrogen-bond donors (Lipinski definition) is 0. The van der Waals surface area contributed by atoms with Crippen molar-refractivity contribution in [3.8, 4) is 5.75 Å². The highest BCUT2D eigenvalue weighted by Gasteiger charge is 2.33. The molecule has 1 fully saturated rings. The molecule has 0 radical (unpaired) electrons. The van der Waals surface area contributed by atoms with Crippen LogP contribution in [0.1, 0.15) is 5.56 Å². The Balaban J connectivity index is 1.13. The third-order valence-electron chi connectivity index (χ3n) is 8.98. The van der Waals surface area contributed by atoms with Crippen LogP contribution in [0.3, 0.4) is 0 Å². The SMILES string of the molecule is O=C(C(Cc1ccc(OS(=O)(=O)c2cccc3cnccc23)cc1)CS(=O)(=O)c1cccc2cnccc12)N1CCN(c2ccccc2)CC1. The summed E-state index contributed by atoms with van der Waals surface area (Å²) in [4.78, 5) is 26.5. The lowest BCUT2D eigenvalue weighted by atomic mass is 9.99. The van der Waals surface area contributed by atoms with E-state index in [9.17, 15) is 21.6 Å². The Labute approximate surface area is 291 Å². The standard InChI is InChI=1S/C38H34N4O6S2/c43-38(42-22-20-41(21-23-42)32-8-2-1-3-9-32)31(27-49(44,45)36-10-4-6-29-25-39-18-16-34(29)36)24-28-12-14-33(15-13-28)48-50(46,47)37-11-5-7-30-26-40-19-17-35(30)37/h1-19,25-26,31H,20-24,27H2. The molecular weight excluding hydrogens is 673 g/mol. The Morgan fingerprint density at radius 1 is 0.680 bits per heavy atom. The summed E-state index contributed by atoms with van der Waals surface area (Å²) in [6.07, 6.45) is 6.41. The van der Waals surface area contributed by atoms with Crippen molar-refractivity contribution in [3.05, 3.63) is 133 Å². The number of aromatic nitrogens is 2. The Morgan fingerprint density at radius 3 is 1.92 bits per heavy atom. The fourth-order valence-corrected chi connectivity index (χ4v) is 9.40. The van der Waals surface area contributed by atoms with Gasteiger partial charge in [0.15, 0.2) is 9.84 Å². The molecule has 1 aliphatic heterocycles.